The fraction of sp³-hybridized carbons (Fsp3) is 0.803. The average molecular weight is 924 g/mol. The Morgan fingerprint density at radius 3 is 1.12 bits per heavy atom. The third-order valence-corrected chi connectivity index (χ3v) is 12.5. The van der Waals surface area contributed by atoms with Crippen LogP contribution >= 0.6 is 0 Å². The van der Waals surface area contributed by atoms with Crippen LogP contribution in [0.15, 0.2) is 60.8 Å². The molecule has 5 heteroatoms. The zero-order valence-corrected chi connectivity index (χ0v) is 44.2. The number of hydrogen-bond donors (Lipinski definition) is 0. The molecule has 1 unspecified atom stereocenters. The predicted molar refractivity (Wildman–Crippen MR) is 288 cm³/mol. The molecule has 0 heterocycles. The molecule has 0 saturated heterocycles. The molecule has 0 aliphatic rings. The molecule has 66 heavy (non-hydrogen) atoms. The van der Waals surface area contributed by atoms with Crippen LogP contribution in [0.25, 0.3) is 0 Å². The summed E-state index contributed by atoms with van der Waals surface area (Å²) in [6, 6.07) is 0. The fourth-order valence-corrected chi connectivity index (χ4v) is 8.26. The summed E-state index contributed by atoms with van der Waals surface area (Å²) in [6.45, 7) is 7.71. The van der Waals surface area contributed by atoms with Crippen molar-refractivity contribution in [1.82, 2.24) is 0 Å². The molecule has 0 aliphatic carbocycles. The van der Waals surface area contributed by atoms with Crippen LogP contribution in [0, 0.1) is 0 Å². The van der Waals surface area contributed by atoms with Crippen LogP contribution in [0.1, 0.15) is 290 Å². The second-order valence-electron chi connectivity index (χ2n) is 19.2. The van der Waals surface area contributed by atoms with E-state index in [1.807, 2.05) is 0 Å². The van der Waals surface area contributed by atoms with E-state index in [-0.39, 0.29) is 25.2 Å². The smallest absolute Gasteiger partial charge is 0.306 e. The largest absolute Gasteiger partial charge is 0.462 e. The van der Waals surface area contributed by atoms with Gasteiger partial charge in [0.25, 0.3) is 0 Å². The first-order chi connectivity index (χ1) is 32.6. The Morgan fingerprint density at radius 2 is 0.682 bits per heavy atom. The van der Waals surface area contributed by atoms with Crippen molar-refractivity contribution in [3.8, 4) is 0 Å². The van der Waals surface area contributed by atoms with Crippen molar-refractivity contribution in [3.05, 3.63) is 60.8 Å². The summed E-state index contributed by atoms with van der Waals surface area (Å²) < 4.78 is 17.5. The Morgan fingerprint density at radius 1 is 0.348 bits per heavy atom. The Kier molecular flexibility index (Phi) is 54.9. The van der Waals surface area contributed by atoms with Gasteiger partial charge in [-0.05, 0) is 83.5 Å². The summed E-state index contributed by atoms with van der Waals surface area (Å²) in [7, 11) is 0. The van der Waals surface area contributed by atoms with Crippen molar-refractivity contribution in [1.29, 1.82) is 0 Å². The molecule has 5 nitrogen and oxygen atoms in total. The van der Waals surface area contributed by atoms with Gasteiger partial charge >= 0.3 is 11.9 Å². The highest BCUT2D eigenvalue weighted by molar-refractivity contribution is 5.70. The molecule has 0 aromatic heterocycles. The maximum atomic E-state index is 12.8. The molecule has 0 spiro atoms. The number of carbonyl (C=O) groups excluding carboxylic acids is 2. The topological polar surface area (TPSA) is 61.8 Å². The monoisotopic (exact) mass is 923 g/mol. The standard InChI is InChI=1S/C61H110O5/c1-4-7-10-13-16-19-22-25-27-29-30-31-33-35-38-41-44-47-50-53-56-64-57-59(66-61(63)55-52-49-46-43-40-36-24-21-18-15-12-9-6-3)58-65-60(62)54-51-48-45-42-39-37-34-32-28-26-23-20-17-14-11-8-5-2/h8,11,17,20-21,24,26,28,34,37,59H,4-7,9-10,12-16,18-19,22-23,25,27,29-33,35-36,38-58H2,1-3H3/b11-8-,20-17-,24-21-,28-26-,37-34-. The van der Waals surface area contributed by atoms with E-state index < -0.39 is 6.10 Å². The summed E-state index contributed by atoms with van der Waals surface area (Å²) in [5.41, 5.74) is 0. The molecule has 0 aromatic rings. The van der Waals surface area contributed by atoms with Crippen molar-refractivity contribution < 1.29 is 23.8 Å². The minimum Gasteiger partial charge on any atom is -0.462 e. The Labute approximate surface area is 411 Å². The Hall–Kier alpha value is -2.40. The summed E-state index contributed by atoms with van der Waals surface area (Å²) >= 11 is 0. The van der Waals surface area contributed by atoms with Gasteiger partial charge in [0.05, 0.1) is 6.61 Å². The maximum Gasteiger partial charge on any atom is 0.306 e. The van der Waals surface area contributed by atoms with E-state index in [2.05, 4.69) is 81.5 Å². The summed E-state index contributed by atoms with van der Waals surface area (Å²) in [5.74, 6) is -0.423. The van der Waals surface area contributed by atoms with Crippen LogP contribution in [0.3, 0.4) is 0 Å². The summed E-state index contributed by atoms with van der Waals surface area (Å²) in [5, 5.41) is 0. The summed E-state index contributed by atoms with van der Waals surface area (Å²) in [4.78, 5) is 25.5. The minimum atomic E-state index is -0.550. The number of esters is 2. The van der Waals surface area contributed by atoms with Gasteiger partial charge in [-0.2, -0.15) is 0 Å². The van der Waals surface area contributed by atoms with Gasteiger partial charge in [0, 0.05) is 19.4 Å². The van der Waals surface area contributed by atoms with Crippen LogP contribution in [0.5, 0.6) is 0 Å². The van der Waals surface area contributed by atoms with E-state index in [1.54, 1.807) is 0 Å². The van der Waals surface area contributed by atoms with Gasteiger partial charge < -0.3 is 14.2 Å². The Bertz CT molecular complexity index is 1130. The SMILES string of the molecule is CC/C=C\C/C=C\C/C=C\C/C=C\CCCCCCC(=O)OCC(COCCCCCCCCCCCCCCCCCCCCCC)OC(=O)CCCCCCC/C=C\CCCCCC. The number of unbranched alkanes of at least 4 members (excludes halogenated alkanes) is 32. The van der Waals surface area contributed by atoms with E-state index in [1.165, 1.54) is 161 Å². The van der Waals surface area contributed by atoms with E-state index >= 15 is 0 Å². The highest BCUT2D eigenvalue weighted by Gasteiger charge is 2.17. The van der Waals surface area contributed by atoms with Gasteiger partial charge in [-0.15, -0.1) is 0 Å². The van der Waals surface area contributed by atoms with Crippen LogP contribution < -0.4 is 0 Å². The third kappa shape index (κ3) is 54.2. The second kappa shape index (κ2) is 56.9. The van der Waals surface area contributed by atoms with Gasteiger partial charge in [0.15, 0.2) is 6.10 Å². The zero-order valence-electron chi connectivity index (χ0n) is 44.2. The lowest BCUT2D eigenvalue weighted by atomic mass is 10.0. The molecular weight excluding hydrogens is 813 g/mol. The van der Waals surface area contributed by atoms with E-state index in [0.29, 0.717) is 19.4 Å². The van der Waals surface area contributed by atoms with Crippen LogP contribution in [0.4, 0.5) is 0 Å². The van der Waals surface area contributed by atoms with E-state index in [9.17, 15) is 9.59 Å². The van der Waals surface area contributed by atoms with Gasteiger partial charge in [-0.3, -0.25) is 9.59 Å². The number of allylic oxidation sites excluding steroid dienone is 10. The first kappa shape index (κ1) is 63.6. The Balaban J connectivity index is 4.25. The minimum absolute atomic E-state index is 0.0712. The molecule has 0 N–H and O–H groups in total. The first-order valence-corrected chi connectivity index (χ1v) is 28.8. The number of ether oxygens (including phenoxy) is 3. The normalized spacial score (nSPS) is 12.6. The molecule has 384 valence electrons. The molecular formula is C61H110O5. The van der Waals surface area contributed by atoms with Crippen LogP contribution in [0.2, 0.25) is 0 Å². The lowest BCUT2D eigenvalue weighted by Gasteiger charge is -2.18. The van der Waals surface area contributed by atoms with Crippen molar-refractivity contribution in [2.75, 3.05) is 19.8 Å². The van der Waals surface area contributed by atoms with Crippen LogP contribution in [-0.4, -0.2) is 37.9 Å². The lowest BCUT2D eigenvalue weighted by Crippen LogP contribution is -2.30. The quantitative estimate of drug-likeness (QED) is 0.0346. The van der Waals surface area contributed by atoms with Crippen molar-refractivity contribution in [2.45, 2.75) is 297 Å². The molecule has 1 atom stereocenters. The van der Waals surface area contributed by atoms with Crippen LogP contribution in [-0.2, 0) is 23.8 Å². The third-order valence-electron chi connectivity index (χ3n) is 12.5. The van der Waals surface area contributed by atoms with Crippen molar-refractivity contribution in [2.24, 2.45) is 0 Å². The number of rotatable bonds is 53. The molecule has 0 aliphatic heterocycles. The first-order valence-electron chi connectivity index (χ1n) is 28.8. The molecule has 0 radical (unpaired) electrons. The highest BCUT2D eigenvalue weighted by atomic mass is 16.6. The molecule has 0 rings (SSSR count). The van der Waals surface area contributed by atoms with Gasteiger partial charge in [0.2, 0.25) is 0 Å². The molecule has 0 bridgehead atoms. The average Bonchev–Trinajstić information content (AvgIpc) is 3.32. The molecule has 0 saturated carbocycles. The van der Waals surface area contributed by atoms with Gasteiger partial charge in [-0.1, -0.05) is 255 Å². The summed E-state index contributed by atoms with van der Waals surface area (Å²) in [6.07, 6.45) is 72.5. The van der Waals surface area contributed by atoms with Gasteiger partial charge in [0.1, 0.15) is 6.61 Å². The van der Waals surface area contributed by atoms with E-state index in [4.69, 9.17) is 14.2 Å². The van der Waals surface area contributed by atoms with Crippen molar-refractivity contribution in [3.63, 3.8) is 0 Å². The van der Waals surface area contributed by atoms with E-state index in [0.717, 1.165) is 96.3 Å². The molecule has 0 amide bonds. The van der Waals surface area contributed by atoms with Gasteiger partial charge in [-0.25, -0.2) is 0 Å². The lowest BCUT2D eigenvalue weighted by molar-refractivity contribution is -0.163. The molecule has 0 aromatic carbocycles. The predicted octanol–water partition coefficient (Wildman–Crippen LogP) is 19.7. The highest BCUT2D eigenvalue weighted by Crippen LogP contribution is 2.16. The zero-order chi connectivity index (χ0) is 47.7. The molecule has 0 fully saturated rings. The maximum absolute atomic E-state index is 12.8. The second-order valence-corrected chi connectivity index (χ2v) is 19.2. The fourth-order valence-electron chi connectivity index (χ4n) is 8.26. The number of hydrogen-bond acceptors (Lipinski definition) is 5. The number of carbonyl (C=O) groups is 2. The van der Waals surface area contributed by atoms with Crippen molar-refractivity contribution >= 4 is 11.9 Å².